The molecule has 48 heavy (non-hydrogen) atoms. The van der Waals surface area contributed by atoms with Crippen LogP contribution >= 0.6 is 28.3 Å². The zero-order valence-electron chi connectivity index (χ0n) is 26.0. The summed E-state index contributed by atoms with van der Waals surface area (Å²) in [4.78, 5) is 17.7. The van der Waals surface area contributed by atoms with Crippen LogP contribution in [0, 0.1) is 27.7 Å². The second-order valence-electron chi connectivity index (χ2n) is 11.0. The molecule has 0 fully saturated rings. The second kappa shape index (κ2) is 12.1. The van der Waals surface area contributed by atoms with Crippen molar-refractivity contribution in [1.82, 2.24) is 36.7 Å². The molecule has 8 aromatic rings. The number of fused-ring (bicyclic) bond motifs is 6. The Bertz CT molecular complexity index is 2710. The van der Waals surface area contributed by atoms with E-state index in [1.165, 1.54) is 20.3 Å². The van der Waals surface area contributed by atoms with Gasteiger partial charge in [-0.3, -0.25) is 8.80 Å². The van der Waals surface area contributed by atoms with Gasteiger partial charge in [0.1, 0.15) is 16.3 Å². The topological polar surface area (TPSA) is 139 Å². The number of hydrogen-bond donors (Lipinski definition) is 0. The van der Waals surface area contributed by atoms with Gasteiger partial charge in [0.25, 0.3) is 20.0 Å². The fourth-order valence-corrected chi connectivity index (χ4v) is 8.60. The molecule has 0 radical (unpaired) electrons. The number of rotatable bonds is 4. The first-order chi connectivity index (χ1) is 22.4. The molecule has 0 aliphatic heterocycles. The molecular formula is C32H28BrClN8O4S2. The summed E-state index contributed by atoms with van der Waals surface area (Å²) in [5.74, 6) is 1.55. The molecule has 246 valence electrons. The highest BCUT2D eigenvalue weighted by atomic mass is 79.9. The molecule has 0 aliphatic carbocycles. The molecule has 12 nitrogen and oxygen atoms in total. The van der Waals surface area contributed by atoms with E-state index in [2.05, 4.69) is 35.9 Å². The van der Waals surface area contributed by atoms with E-state index in [4.69, 9.17) is 0 Å². The van der Waals surface area contributed by atoms with Gasteiger partial charge < -0.3 is 0 Å². The summed E-state index contributed by atoms with van der Waals surface area (Å²) >= 11 is 3.40. The maximum atomic E-state index is 12.9. The predicted molar refractivity (Wildman–Crippen MR) is 189 cm³/mol. The van der Waals surface area contributed by atoms with E-state index in [0.717, 1.165) is 33.8 Å². The van der Waals surface area contributed by atoms with E-state index in [1.807, 2.05) is 36.5 Å². The van der Waals surface area contributed by atoms with Crippen molar-refractivity contribution in [2.24, 2.45) is 0 Å². The third-order valence-electron chi connectivity index (χ3n) is 7.88. The minimum Gasteiger partial charge on any atom is -0.292 e. The maximum absolute atomic E-state index is 12.9. The lowest BCUT2D eigenvalue weighted by Gasteiger charge is -2.08. The predicted octanol–water partition coefficient (Wildman–Crippen LogP) is 6.26. The highest BCUT2D eigenvalue weighted by Crippen LogP contribution is 2.27. The van der Waals surface area contributed by atoms with E-state index in [-0.39, 0.29) is 22.2 Å². The normalized spacial score (nSPS) is 12.0. The molecule has 8 rings (SSSR count). The molecule has 0 N–H and O–H groups in total. The SMILES string of the molecule is Cc1ccc(S(=O)(=O)n2ccc3c2ncc2c(Br)nc(C)n23)cc1.Cc1ccc(S(=O)(=O)n2ccc3c2ncc2cnc(C)n23)cc1.Cl. The lowest BCUT2D eigenvalue weighted by Crippen LogP contribution is -2.12. The first kappa shape index (κ1) is 33.3. The monoisotopic (exact) mass is 766 g/mol. The van der Waals surface area contributed by atoms with E-state index in [0.29, 0.717) is 26.9 Å². The van der Waals surface area contributed by atoms with Crippen LogP contribution < -0.4 is 0 Å². The molecule has 0 spiro atoms. The van der Waals surface area contributed by atoms with Gasteiger partial charge in [-0.1, -0.05) is 35.4 Å². The lowest BCUT2D eigenvalue weighted by molar-refractivity contribution is 0.587. The van der Waals surface area contributed by atoms with E-state index in [9.17, 15) is 16.8 Å². The summed E-state index contributed by atoms with van der Waals surface area (Å²) in [5, 5.41) is 0. The van der Waals surface area contributed by atoms with Crippen LogP contribution in [-0.4, -0.2) is 53.5 Å². The quantitative estimate of drug-likeness (QED) is 0.205. The summed E-state index contributed by atoms with van der Waals surface area (Å²) in [5.41, 5.74) is 5.81. The van der Waals surface area contributed by atoms with Gasteiger partial charge in [-0.15, -0.1) is 12.4 Å². The molecule has 0 unspecified atom stereocenters. The van der Waals surface area contributed by atoms with Crippen LogP contribution in [0.15, 0.2) is 106 Å². The summed E-state index contributed by atoms with van der Waals surface area (Å²) < 4.78 is 58.5. The van der Waals surface area contributed by atoms with Crippen LogP contribution in [0.2, 0.25) is 0 Å². The van der Waals surface area contributed by atoms with Gasteiger partial charge in [0.15, 0.2) is 11.3 Å². The molecule has 16 heteroatoms. The van der Waals surface area contributed by atoms with Gasteiger partial charge >= 0.3 is 0 Å². The summed E-state index contributed by atoms with van der Waals surface area (Å²) in [6.07, 6.45) is 8.02. The first-order valence-electron chi connectivity index (χ1n) is 14.3. The number of hydrogen-bond acceptors (Lipinski definition) is 8. The largest absolute Gasteiger partial charge is 0.292 e. The summed E-state index contributed by atoms with van der Waals surface area (Å²) in [6, 6.07) is 17.0. The molecular weight excluding hydrogens is 740 g/mol. The number of aryl methyl sites for hydroxylation is 4. The molecule has 0 amide bonds. The van der Waals surface area contributed by atoms with Gasteiger partial charge in [-0.2, -0.15) is 0 Å². The molecule has 0 atom stereocenters. The van der Waals surface area contributed by atoms with Gasteiger partial charge in [0, 0.05) is 12.4 Å². The first-order valence-corrected chi connectivity index (χ1v) is 18.0. The molecule has 0 saturated carbocycles. The zero-order valence-corrected chi connectivity index (χ0v) is 30.0. The average molecular weight is 768 g/mol. The third kappa shape index (κ3) is 5.36. The standard InChI is InChI=1S/C16H13BrN4O2S.C16H14N4O2S.ClH/c1-10-3-5-12(6-4-10)24(22,23)20-8-7-13-16(20)18-9-14-15(17)19-11(2)21(13)14;1-11-3-5-14(6-4-11)23(21,22)19-8-7-15-16(19)18-10-13-9-17-12(2)20(13)15;/h3-9H,1-2H3;3-10H,1-2H3;1H. The van der Waals surface area contributed by atoms with Gasteiger partial charge in [0.2, 0.25) is 0 Å². The van der Waals surface area contributed by atoms with Gasteiger partial charge in [-0.05, 0) is 80.0 Å². The van der Waals surface area contributed by atoms with Crippen molar-refractivity contribution in [3.63, 3.8) is 0 Å². The van der Waals surface area contributed by atoms with E-state index < -0.39 is 20.0 Å². The van der Waals surface area contributed by atoms with Crippen LogP contribution in [0.3, 0.4) is 0 Å². The molecule has 6 aromatic heterocycles. The van der Waals surface area contributed by atoms with Crippen molar-refractivity contribution in [3.05, 3.63) is 119 Å². The highest BCUT2D eigenvalue weighted by Gasteiger charge is 2.23. The Morgan fingerprint density at radius 2 is 1.02 bits per heavy atom. The summed E-state index contributed by atoms with van der Waals surface area (Å²) in [7, 11) is -7.39. The van der Waals surface area contributed by atoms with Crippen molar-refractivity contribution in [2.75, 3.05) is 0 Å². The van der Waals surface area contributed by atoms with Crippen LogP contribution in [0.4, 0.5) is 0 Å². The molecule has 0 saturated heterocycles. The number of halogens is 2. The number of imidazole rings is 2. The van der Waals surface area contributed by atoms with E-state index >= 15 is 0 Å². The van der Waals surface area contributed by atoms with Crippen LogP contribution in [-0.2, 0) is 20.0 Å². The van der Waals surface area contributed by atoms with Crippen molar-refractivity contribution >= 4 is 81.7 Å². The minimum absolute atomic E-state index is 0. The fraction of sp³-hybridized carbons (Fsp3) is 0.125. The molecule has 6 heterocycles. The third-order valence-corrected chi connectivity index (χ3v) is 11.8. The van der Waals surface area contributed by atoms with Crippen LogP contribution in [0.5, 0.6) is 0 Å². The van der Waals surface area contributed by atoms with Crippen molar-refractivity contribution in [1.29, 1.82) is 0 Å². The summed E-state index contributed by atoms with van der Waals surface area (Å²) in [6.45, 7) is 7.57. The molecule has 0 aliphatic rings. The van der Waals surface area contributed by atoms with Crippen molar-refractivity contribution < 1.29 is 16.8 Å². The van der Waals surface area contributed by atoms with Crippen molar-refractivity contribution in [3.8, 4) is 0 Å². The Kier molecular flexibility index (Phi) is 8.44. The Labute approximate surface area is 290 Å². The Morgan fingerprint density at radius 1 is 0.562 bits per heavy atom. The maximum Gasteiger partial charge on any atom is 0.269 e. The molecule has 0 bridgehead atoms. The highest BCUT2D eigenvalue weighted by molar-refractivity contribution is 9.10. The number of benzene rings is 2. The van der Waals surface area contributed by atoms with Gasteiger partial charge in [0.05, 0.1) is 50.4 Å². The zero-order chi connectivity index (χ0) is 33.2. The fourth-order valence-electron chi connectivity index (χ4n) is 5.47. The van der Waals surface area contributed by atoms with Crippen LogP contribution in [0.25, 0.3) is 33.4 Å². The van der Waals surface area contributed by atoms with Crippen molar-refractivity contribution in [2.45, 2.75) is 37.5 Å². The minimum atomic E-state index is -3.70. The Morgan fingerprint density at radius 3 is 1.54 bits per heavy atom. The van der Waals surface area contributed by atoms with E-state index in [1.54, 1.807) is 79.3 Å². The lowest BCUT2D eigenvalue weighted by atomic mass is 10.2. The number of aromatic nitrogens is 8. The second-order valence-corrected chi connectivity index (χ2v) is 15.4. The van der Waals surface area contributed by atoms with Gasteiger partial charge in [-0.25, -0.2) is 44.7 Å². The Balaban J connectivity index is 0.000000164. The Hall–Kier alpha value is -4.57. The average Bonchev–Trinajstić information content (AvgIpc) is 3.82. The molecule has 2 aromatic carbocycles. The van der Waals surface area contributed by atoms with Crippen LogP contribution in [0.1, 0.15) is 22.8 Å². The number of nitrogens with zero attached hydrogens (tertiary/aromatic N) is 8. The smallest absolute Gasteiger partial charge is 0.269 e.